The molecule has 4 rings (SSSR count). The van der Waals surface area contributed by atoms with Crippen molar-refractivity contribution in [2.24, 2.45) is 0 Å². The first-order valence-electron chi connectivity index (χ1n) is 10.2. The van der Waals surface area contributed by atoms with Crippen LogP contribution in [0.2, 0.25) is 0 Å². The third kappa shape index (κ3) is 4.27. The Bertz CT molecular complexity index is 1280. The van der Waals surface area contributed by atoms with Crippen molar-refractivity contribution in [2.45, 2.75) is 20.8 Å². The smallest absolute Gasteiger partial charge is 0.278 e. The minimum absolute atomic E-state index is 0.226. The van der Waals surface area contributed by atoms with Gasteiger partial charge in [-0.2, -0.15) is 0 Å². The lowest BCUT2D eigenvalue weighted by Crippen LogP contribution is -2.18. The zero-order valence-corrected chi connectivity index (χ0v) is 18.1. The molecule has 0 aliphatic carbocycles. The number of para-hydroxylation sites is 1. The fraction of sp³-hybridized carbons (Fsp3) is 0.120. The van der Waals surface area contributed by atoms with Gasteiger partial charge in [0.2, 0.25) is 0 Å². The van der Waals surface area contributed by atoms with Crippen LogP contribution in [0.1, 0.15) is 37.7 Å². The SMILES string of the molecule is Cc1ccc(-n2nnc(C(=O)Nc3cccc(C(=O)Nc4ccccc4)c3C)c2C)cc1. The van der Waals surface area contributed by atoms with Crippen LogP contribution in [0.15, 0.2) is 72.8 Å². The second kappa shape index (κ2) is 8.85. The summed E-state index contributed by atoms with van der Waals surface area (Å²) in [6, 6.07) is 22.3. The number of hydrogen-bond acceptors (Lipinski definition) is 4. The van der Waals surface area contributed by atoms with Crippen molar-refractivity contribution in [3.05, 3.63) is 101 Å². The summed E-state index contributed by atoms with van der Waals surface area (Å²) in [5.41, 5.74) is 5.21. The van der Waals surface area contributed by atoms with E-state index in [0.717, 1.165) is 11.3 Å². The Hall–Kier alpha value is -4.26. The summed E-state index contributed by atoms with van der Waals surface area (Å²) in [5, 5.41) is 13.9. The zero-order chi connectivity index (χ0) is 22.7. The summed E-state index contributed by atoms with van der Waals surface area (Å²) in [7, 11) is 0. The van der Waals surface area contributed by atoms with Crippen molar-refractivity contribution < 1.29 is 9.59 Å². The third-order valence-corrected chi connectivity index (χ3v) is 5.25. The van der Waals surface area contributed by atoms with Gasteiger partial charge in [0, 0.05) is 16.9 Å². The largest absolute Gasteiger partial charge is 0.322 e. The van der Waals surface area contributed by atoms with Crippen LogP contribution in [0.4, 0.5) is 11.4 Å². The van der Waals surface area contributed by atoms with Gasteiger partial charge in [0.05, 0.1) is 11.4 Å². The second-order valence-corrected chi connectivity index (χ2v) is 7.52. The number of nitrogens with zero attached hydrogens (tertiary/aromatic N) is 3. The molecule has 1 aromatic heterocycles. The van der Waals surface area contributed by atoms with Gasteiger partial charge in [0.25, 0.3) is 11.8 Å². The maximum absolute atomic E-state index is 12.9. The summed E-state index contributed by atoms with van der Waals surface area (Å²) in [6.45, 7) is 5.60. The van der Waals surface area contributed by atoms with Crippen molar-refractivity contribution in [3.8, 4) is 5.69 Å². The van der Waals surface area contributed by atoms with Crippen LogP contribution < -0.4 is 10.6 Å². The molecule has 2 N–H and O–H groups in total. The Morgan fingerprint density at radius 1 is 0.781 bits per heavy atom. The highest BCUT2D eigenvalue weighted by Gasteiger charge is 2.19. The first-order chi connectivity index (χ1) is 15.4. The van der Waals surface area contributed by atoms with Gasteiger partial charge in [-0.15, -0.1) is 5.10 Å². The Morgan fingerprint density at radius 3 is 2.22 bits per heavy atom. The van der Waals surface area contributed by atoms with Crippen LogP contribution in [0.25, 0.3) is 5.69 Å². The van der Waals surface area contributed by atoms with Crippen molar-refractivity contribution in [2.75, 3.05) is 10.6 Å². The van der Waals surface area contributed by atoms with E-state index in [1.807, 2.05) is 61.5 Å². The van der Waals surface area contributed by atoms with Crippen molar-refractivity contribution in [1.29, 1.82) is 0 Å². The standard InChI is InChI=1S/C25H23N5O2/c1-16-12-14-20(15-13-16)30-18(3)23(28-29-30)25(32)27-22-11-7-10-21(17(22)2)24(31)26-19-8-5-4-6-9-19/h4-15H,1-3H3,(H,26,31)(H,27,32). The average Bonchev–Trinajstić information content (AvgIpc) is 3.17. The molecule has 0 bridgehead atoms. The number of amides is 2. The highest BCUT2D eigenvalue weighted by Crippen LogP contribution is 2.22. The van der Waals surface area contributed by atoms with Gasteiger partial charge in [-0.25, -0.2) is 4.68 Å². The van der Waals surface area contributed by atoms with Gasteiger partial charge in [-0.05, 0) is 62.7 Å². The van der Waals surface area contributed by atoms with Crippen LogP contribution >= 0.6 is 0 Å². The summed E-state index contributed by atoms with van der Waals surface area (Å²) in [6.07, 6.45) is 0. The first kappa shape index (κ1) is 21.0. The highest BCUT2D eigenvalue weighted by atomic mass is 16.2. The van der Waals surface area contributed by atoms with Crippen LogP contribution in [-0.4, -0.2) is 26.8 Å². The molecule has 32 heavy (non-hydrogen) atoms. The predicted octanol–water partition coefficient (Wildman–Crippen LogP) is 4.70. The zero-order valence-electron chi connectivity index (χ0n) is 18.1. The van der Waals surface area contributed by atoms with Crippen LogP contribution in [0.3, 0.4) is 0 Å². The molecule has 3 aromatic carbocycles. The van der Waals surface area contributed by atoms with E-state index in [9.17, 15) is 9.59 Å². The number of carbonyl (C=O) groups is 2. The van der Waals surface area contributed by atoms with E-state index in [0.29, 0.717) is 28.2 Å². The fourth-order valence-electron chi connectivity index (χ4n) is 3.39. The Morgan fingerprint density at radius 2 is 1.50 bits per heavy atom. The first-order valence-corrected chi connectivity index (χ1v) is 10.2. The molecule has 0 saturated carbocycles. The number of rotatable bonds is 5. The van der Waals surface area contributed by atoms with E-state index in [-0.39, 0.29) is 17.5 Å². The molecular weight excluding hydrogens is 402 g/mol. The molecular formula is C25H23N5O2. The third-order valence-electron chi connectivity index (χ3n) is 5.25. The van der Waals surface area contributed by atoms with E-state index in [2.05, 4.69) is 20.9 Å². The number of nitrogens with one attached hydrogen (secondary N) is 2. The molecule has 0 atom stereocenters. The van der Waals surface area contributed by atoms with Crippen LogP contribution in [0.5, 0.6) is 0 Å². The van der Waals surface area contributed by atoms with Gasteiger partial charge < -0.3 is 10.6 Å². The second-order valence-electron chi connectivity index (χ2n) is 7.52. The number of aryl methyl sites for hydroxylation is 1. The normalized spacial score (nSPS) is 10.6. The molecule has 0 spiro atoms. The number of anilines is 2. The number of hydrogen-bond donors (Lipinski definition) is 2. The molecule has 0 radical (unpaired) electrons. The molecule has 1 heterocycles. The molecule has 7 heteroatoms. The van der Waals surface area contributed by atoms with Gasteiger partial charge in [0.1, 0.15) is 0 Å². The van der Waals surface area contributed by atoms with Crippen LogP contribution in [0, 0.1) is 20.8 Å². The number of carbonyl (C=O) groups excluding carboxylic acids is 2. The van der Waals surface area contributed by atoms with Gasteiger partial charge in [-0.1, -0.05) is 47.2 Å². The maximum Gasteiger partial charge on any atom is 0.278 e. The Balaban J connectivity index is 1.55. The Labute approximate surface area is 186 Å². The van der Waals surface area contributed by atoms with E-state index in [1.54, 1.807) is 36.7 Å². The maximum atomic E-state index is 12.9. The minimum Gasteiger partial charge on any atom is -0.322 e. The topological polar surface area (TPSA) is 88.9 Å². The Kier molecular flexibility index (Phi) is 5.81. The molecule has 0 aliphatic heterocycles. The molecule has 4 aromatic rings. The van der Waals surface area contributed by atoms with E-state index in [1.165, 1.54) is 0 Å². The average molecular weight is 425 g/mol. The molecule has 7 nitrogen and oxygen atoms in total. The lowest BCUT2D eigenvalue weighted by Gasteiger charge is -2.12. The van der Waals surface area contributed by atoms with Crippen molar-refractivity contribution in [1.82, 2.24) is 15.0 Å². The lowest BCUT2D eigenvalue weighted by molar-refractivity contribution is 0.101. The molecule has 160 valence electrons. The molecule has 0 aliphatic rings. The fourth-order valence-corrected chi connectivity index (χ4v) is 3.39. The highest BCUT2D eigenvalue weighted by molar-refractivity contribution is 6.08. The number of benzene rings is 3. The minimum atomic E-state index is -0.385. The van der Waals surface area contributed by atoms with Crippen molar-refractivity contribution >= 4 is 23.2 Å². The van der Waals surface area contributed by atoms with Crippen LogP contribution in [-0.2, 0) is 0 Å². The summed E-state index contributed by atoms with van der Waals surface area (Å²) >= 11 is 0. The van der Waals surface area contributed by atoms with Gasteiger partial charge >= 0.3 is 0 Å². The predicted molar refractivity (Wildman–Crippen MR) is 124 cm³/mol. The summed E-state index contributed by atoms with van der Waals surface area (Å²) in [5.74, 6) is -0.629. The lowest BCUT2D eigenvalue weighted by atomic mass is 10.1. The molecule has 0 unspecified atom stereocenters. The molecule has 0 fully saturated rings. The molecule has 0 saturated heterocycles. The summed E-state index contributed by atoms with van der Waals surface area (Å²) in [4.78, 5) is 25.7. The van der Waals surface area contributed by atoms with Gasteiger partial charge in [-0.3, -0.25) is 9.59 Å². The monoisotopic (exact) mass is 425 g/mol. The van der Waals surface area contributed by atoms with E-state index >= 15 is 0 Å². The molecule has 2 amide bonds. The summed E-state index contributed by atoms with van der Waals surface area (Å²) < 4.78 is 1.63. The van der Waals surface area contributed by atoms with Gasteiger partial charge in [0.15, 0.2) is 5.69 Å². The number of aromatic nitrogens is 3. The quantitative estimate of drug-likeness (QED) is 0.485. The van der Waals surface area contributed by atoms with E-state index in [4.69, 9.17) is 0 Å². The van der Waals surface area contributed by atoms with Crippen molar-refractivity contribution in [3.63, 3.8) is 0 Å². The van der Waals surface area contributed by atoms with E-state index < -0.39 is 0 Å².